The van der Waals surface area contributed by atoms with E-state index in [1.54, 1.807) is 0 Å². The summed E-state index contributed by atoms with van der Waals surface area (Å²) in [6.07, 6.45) is 0. The molecule has 2 heteroatoms. The number of fused-ring (bicyclic) bond motifs is 1. The van der Waals surface area contributed by atoms with Gasteiger partial charge < -0.3 is 5.32 Å². The van der Waals surface area contributed by atoms with Crippen molar-refractivity contribution in [2.75, 3.05) is 5.32 Å². The summed E-state index contributed by atoms with van der Waals surface area (Å²) in [5, 5.41) is 3.25. The van der Waals surface area contributed by atoms with Gasteiger partial charge in [-0.2, -0.15) is 0 Å². The maximum Gasteiger partial charge on any atom is 0.228 e. The average Bonchev–Trinajstić information content (AvgIpc) is 2.70. The highest BCUT2D eigenvalue weighted by Gasteiger charge is 2.50. The Bertz CT molecular complexity index is 1040. The molecule has 3 aromatic carbocycles. The van der Waals surface area contributed by atoms with Crippen molar-refractivity contribution in [2.45, 2.75) is 32.6 Å². The van der Waals surface area contributed by atoms with Crippen molar-refractivity contribution in [3.63, 3.8) is 0 Å². The average molecular weight is 367 g/mol. The van der Waals surface area contributed by atoms with E-state index in [0.717, 1.165) is 11.3 Å². The molecule has 1 amide bonds. The predicted molar refractivity (Wildman–Crippen MR) is 114 cm³/mol. The molecule has 0 saturated heterocycles. The summed E-state index contributed by atoms with van der Waals surface area (Å²) in [5.41, 5.74) is 8.69. The predicted octanol–water partition coefficient (Wildman–Crippen LogP) is 5.79. The van der Waals surface area contributed by atoms with Crippen LogP contribution in [-0.4, -0.2) is 5.91 Å². The Morgan fingerprint density at radius 3 is 1.86 bits per heavy atom. The van der Waals surface area contributed by atoms with Gasteiger partial charge in [0.2, 0.25) is 5.91 Å². The molecular weight excluding hydrogens is 342 g/mol. The fourth-order valence-electron chi connectivity index (χ4n) is 5.51. The van der Waals surface area contributed by atoms with Crippen LogP contribution in [0.3, 0.4) is 0 Å². The fourth-order valence-corrected chi connectivity index (χ4v) is 5.51. The molecule has 0 heterocycles. The number of nitrogens with one attached hydrogen (secondary N) is 1. The summed E-state index contributed by atoms with van der Waals surface area (Å²) in [7, 11) is 0. The summed E-state index contributed by atoms with van der Waals surface area (Å²) in [6, 6.07) is 23.6. The van der Waals surface area contributed by atoms with E-state index in [0.29, 0.717) is 0 Å². The van der Waals surface area contributed by atoms with E-state index in [2.05, 4.69) is 86.8 Å². The van der Waals surface area contributed by atoms with Crippen LogP contribution >= 0.6 is 0 Å². The zero-order valence-corrected chi connectivity index (χ0v) is 16.6. The molecule has 2 atom stereocenters. The summed E-state index contributed by atoms with van der Waals surface area (Å²) in [6.45, 7) is 6.38. The van der Waals surface area contributed by atoms with Crippen molar-refractivity contribution in [1.29, 1.82) is 0 Å². The van der Waals surface area contributed by atoms with E-state index in [4.69, 9.17) is 0 Å². The van der Waals surface area contributed by atoms with Crippen LogP contribution in [0.2, 0.25) is 0 Å². The highest BCUT2D eigenvalue weighted by atomic mass is 16.1. The van der Waals surface area contributed by atoms with Crippen molar-refractivity contribution >= 4 is 11.6 Å². The number of rotatable bonds is 2. The lowest BCUT2D eigenvalue weighted by molar-refractivity contribution is -0.122. The topological polar surface area (TPSA) is 29.1 Å². The van der Waals surface area contributed by atoms with Crippen LogP contribution in [0.1, 0.15) is 52.1 Å². The van der Waals surface area contributed by atoms with Gasteiger partial charge in [0, 0.05) is 17.5 Å². The van der Waals surface area contributed by atoms with Crippen molar-refractivity contribution in [1.82, 2.24) is 0 Å². The van der Waals surface area contributed by atoms with Crippen LogP contribution < -0.4 is 5.32 Å². The number of hydrogen-bond acceptors (Lipinski definition) is 1. The van der Waals surface area contributed by atoms with Gasteiger partial charge in [-0.25, -0.2) is 0 Å². The molecule has 0 fully saturated rings. The third-order valence-electron chi connectivity index (χ3n) is 6.73. The normalized spacial score (nSPS) is 24.4. The van der Waals surface area contributed by atoms with Crippen molar-refractivity contribution < 1.29 is 4.79 Å². The quantitative estimate of drug-likeness (QED) is 0.611. The molecule has 2 bridgehead atoms. The molecule has 3 aromatic rings. The molecule has 140 valence electrons. The van der Waals surface area contributed by atoms with Crippen molar-refractivity contribution in [3.05, 3.63) is 100 Å². The summed E-state index contributed by atoms with van der Waals surface area (Å²) in [5.74, 6) is 0.750. The summed E-state index contributed by atoms with van der Waals surface area (Å²) in [4.78, 5) is 13.5. The molecule has 1 N–H and O–H groups in total. The number of aryl methyl sites for hydroxylation is 2. The Balaban J connectivity index is 1.59. The molecule has 0 spiro atoms. The molecule has 6 rings (SSSR count). The van der Waals surface area contributed by atoms with E-state index in [1.807, 2.05) is 6.07 Å². The van der Waals surface area contributed by atoms with Gasteiger partial charge in [0.1, 0.15) is 0 Å². The largest absolute Gasteiger partial charge is 0.326 e. The lowest BCUT2D eigenvalue weighted by atomic mass is 9.54. The van der Waals surface area contributed by atoms with Crippen LogP contribution in [0.5, 0.6) is 0 Å². The molecule has 3 aliphatic carbocycles. The zero-order chi connectivity index (χ0) is 19.4. The van der Waals surface area contributed by atoms with Crippen LogP contribution in [-0.2, 0) is 4.79 Å². The van der Waals surface area contributed by atoms with Gasteiger partial charge in [-0.1, -0.05) is 73.2 Å². The molecule has 0 radical (unpaired) electrons. The molecule has 0 aliphatic heterocycles. The number of amides is 1. The van der Waals surface area contributed by atoms with Crippen molar-refractivity contribution in [3.8, 4) is 0 Å². The first-order valence-electron chi connectivity index (χ1n) is 10.1. The Morgan fingerprint density at radius 2 is 1.32 bits per heavy atom. The van der Waals surface area contributed by atoms with Gasteiger partial charge in [-0.05, 0) is 53.6 Å². The standard InChI is InChI=1S/C26H25NO/c1-15-12-13-22(16(2)14-15)27-26(28)24-17(3)23-18-8-4-6-10-20(18)25(24)21-11-7-5-9-19(21)23/h4-14,17,23-25H,1-3H3,(H,27,28)/t17-,23?,24-,25?/m0/s1. The first-order chi connectivity index (χ1) is 13.6. The van der Waals surface area contributed by atoms with Crippen LogP contribution in [0.15, 0.2) is 66.7 Å². The minimum Gasteiger partial charge on any atom is -0.326 e. The van der Waals surface area contributed by atoms with Gasteiger partial charge in [0.15, 0.2) is 0 Å². The van der Waals surface area contributed by atoms with E-state index < -0.39 is 0 Å². The second-order valence-corrected chi connectivity index (χ2v) is 8.41. The maximum absolute atomic E-state index is 13.5. The fraction of sp³-hybridized carbons (Fsp3) is 0.269. The Kier molecular flexibility index (Phi) is 3.90. The Hall–Kier alpha value is -2.87. The molecule has 28 heavy (non-hydrogen) atoms. The van der Waals surface area contributed by atoms with Gasteiger partial charge >= 0.3 is 0 Å². The van der Waals surface area contributed by atoms with Crippen LogP contribution in [0.4, 0.5) is 5.69 Å². The number of hydrogen-bond donors (Lipinski definition) is 1. The highest BCUT2D eigenvalue weighted by Crippen LogP contribution is 2.58. The zero-order valence-electron chi connectivity index (χ0n) is 16.6. The monoisotopic (exact) mass is 367 g/mol. The second kappa shape index (κ2) is 6.34. The van der Waals surface area contributed by atoms with E-state index >= 15 is 0 Å². The number of carbonyl (C=O) groups excluding carboxylic acids is 1. The van der Waals surface area contributed by atoms with Gasteiger partial charge in [0.25, 0.3) is 0 Å². The number of benzene rings is 3. The Morgan fingerprint density at radius 1 is 0.786 bits per heavy atom. The minimum atomic E-state index is -0.0597. The van der Waals surface area contributed by atoms with Gasteiger partial charge in [-0.3, -0.25) is 4.79 Å². The third-order valence-corrected chi connectivity index (χ3v) is 6.73. The van der Waals surface area contributed by atoms with Gasteiger partial charge in [0.05, 0.1) is 5.92 Å². The minimum absolute atomic E-state index is 0.0597. The third kappa shape index (κ3) is 2.44. The molecule has 3 aliphatic rings. The van der Waals surface area contributed by atoms with Crippen LogP contribution in [0, 0.1) is 25.7 Å². The van der Waals surface area contributed by atoms with Gasteiger partial charge in [-0.15, -0.1) is 0 Å². The molecule has 0 saturated carbocycles. The summed E-state index contributed by atoms with van der Waals surface area (Å²) >= 11 is 0. The lowest BCUT2D eigenvalue weighted by Crippen LogP contribution is -2.44. The second-order valence-electron chi connectivity index (χ2n) is 8.41. The maximum atomic E-state index is 13.5. The number of carbonyl (C=O) groups is 1. The number of anilines is 1. The lowest BCUT2D eigenvalue weighted by Gasteiger charge is -2.49. The van der Waals surface area contributed by atoms with E-state index in [-0.39, 0.29) is 29.6 Å². The highest BCUT2D eigenvalue weighted by molar-refractivity contribution is 5.95. The molecular formula is C26H25NO. The molecule has 2 nitrogen and oxygen atoms in total. The SMILES string of the molecule is Cc1ccc(NC(=O)[C@@H]2C3c4ccccc4C(c4ccccc43)[C@@H]2C)c(C)c1. The molecule has 0 aromatic heterocycles. The van der Waals surface area contributed by atoms with Crippen molar-refractivity contribution in [2.24, 2.45) is 11.8 Å². The molecule has 0 unspecified atom stereocenters. The summed E-state index contributed by atoms with van der Waals surface area (Å²) < 4.78 is 0. The first kappa shape index (κ1) is 17.2. The smallest absolute Gasteiger partial charge is 0.228 e. The van der Waals surface area contributed by atoms with E-state index in [1.165, 1.54) is 27.8 Å². The van der Waals surface area contributed by atoms with E-state index in [9.17, 15) is 4.79 Å². The van der Waals surface area contributed by atoms with Crippen LogP contribution in [0.25, 0.3) is 0 Å². The Labute approximate surface area is 166 Å². The first-order valence-corrected chi connectivity index (χ1v) is 10.1.